The van der Waals surface area contributed by atoms with Crippen molar-refractivity contribution in [2.24, 2.45) is 0 Å². The fraction of sp³-hybridized carbons (Fsp3) is 0. The first-order valence-electron chi connectivity index (χ1n) is 4.28. The number of aromatic nitrogens is 1. The first kappa shape index (κ1) is 10.5. The lowest BCUT2D eigenvalue weighted by Crippen LogP contribution is -2.13. The SMILES string of the molecule is O=C(O)c1[nH]c(=O)c2ccc(Cl)cc2c1O. The Morgan fingerprint density at radius 2 is 2.00 bits per heavy atom. The number of pyridine rings is 1. The van der Waals surface area contributed by atoms with E-state index in [0.717, 1.165) is 0 Å². The number of halogens is 1. The standard InChI is InChI=1S/C10H6ClNO4/c11-4-1-2-5-6(3-4)8(13)7(10(15)16)12-9(5)14/h1-3,13H,(H,12,14)(H,15,16). The maximum Gasteiger partial charge on any atom is 0.356 e. The molecule has 3 N–H and O–H groups in total. The molecule has 6 heteroatoms. The van der Waals surface area contributed by atoms with Gasteiger partial charge in [-0.2, -0.15) is 0 Å². The molecule has 82 valence electrons. The van der Waals surface area contributed by atoms with E-state index in [1.165, 1.54) is 18.2 Å². The molecule has 2 rings (SSSR count). The first-order valence-corrected chi connectivity index (χ1v) is 4.66. The average molecular weight is 240 g/mol. The van der Waals surface area contributed by atoms with Gasteiger partial charge in [-0.05, 0) is 18.2 Å². The molecule has 0 atom stereocenters. The highest BCUT2D eigenvalue weighted by atomic mass is 35.5. The predicted molar refractivity (Wildman–Crippen MR) is 58.2 cm³/mol. The van der Waals surface area contributed by atoms with Gasteiger partial charge in [0, 0.05) is 10.4 Å². The molecule has 0 aliphatic rings. The van der Waals surface area contributed by atoms with Gasteiger partial charge in [0.15, 0.2) is 11.4 Å². The largest absolute Gasteiger partial charge is 0.505 e. The molecule has 0 aliphatic heterocycles. The molecule has 0 fully saturated rings. The molecule has 0 saturated heterocycles. The fourth-order valence-corrected chi connectivity index (χ4v) is 1.61. The van der Waals surface area contributed by atoms with Gasteiger partial charge in [0.1, 0.15) is 0 Å². The van der Waals surface area contributed by atoms with Crippen LogP contribution in [-0.4, -0.2) is 21.2 Å². The van der Waals surface area contributed by atoms with Gasteiger partial charge in [-0.1, -0.05) is 11.6 Å². The van der Waals surface area contributed by atoms with E-state index in [4.69, 9.17) is 16.7 Å². The Labute approximate surface area is 93.9 Å². The quantitative estimate of drug-likeness (QED) is 0.705. The van der Waals surface area contributed by atoms with E-state index in [2.05, 4.69) is 4.98 Å². The van der Waals surface area contributed by atoms with Crippen LogP contribution >= 0.6 is 11.6 Å². The number of benzene rings is 1. The van der Waals surface area contributed by atoms with Gasteiger partial charge in [0.05, 0.1) is 5.39 Å². The van der Waals surface area contributed by atoms with Gasteiger partial charge < -0.3 is 15.2 Å². The Hall–Kier alpha value is -2.01. The number of carbonyl (C=O) groups is 1. The topological polar surface area (TPSA) is 90.4 Å². The Kier molecular flexibility index (Phi) is 2.32. The number of aromatic amines is 1. The molecule has 0 radical (unpaired) electrons. The normalized spacial score (nSPS) is 10.6. The minimum atomic E-state index is -1.41. The lowest BCUT2D eigenvalue weighted by atomic mass is 10.1. The molecule has 2 aromatic rings. The van der Waals surface area contributed by atoms with Crippen molar-refractivity contribution in [2.45, 2.75) is 0 Å². The van der Waals surface area contributed by atoms with Crippen molar-refractivity contribution in [1.82, 2.24) is 4.98 Å². The van der Waals surface area contributed by atoms with Crippen LogP contribution in [0.5, 0.6) is 5.75 Å². The molecule has 0 bridgehead atoms. The maximum atomic E-state index is 11.5. The van der Waals surface area contributed by atoms with Crippen LogP contribution in [0.2, 0.25) is 5.02 Å². The maximum absolute atomic E-state index is 11.5. The van der Waals surface area contributed by atoms with Crippen LogP contribution in [0, 0.1) is 0 Å². The van der Waals surface area contributed by atoms with E-state index < -0.39 is 23.0 Å². The van der Waals surface area contributed by atoms with E-state index in [9.17, 15) is 14.7 Å². The Morgan fingerprint density at radius 1 is 1.31 bits per heavy atom. The summed E-state index contributed by atoms with van der Waals surface area (Å²) in [6.07, 6.45) is 0. The van der Waals surface area contributed by atoms with Crippen LogP contribution in [0.1, 0.15) is 10.5 Å². The van der Waals surface area contributed by atoms with Crippen LogP contribution in [0.3, 0.4) is 0 Å². The van der Waals surface area contributed by atoms with E-state index in [0.29, 0.717) is 5.02 Å². The summed E-state index contributed by atoms with van der Waals surface area (Å²) in [6.45, 7) is 0. The third-order valence-electron chi connectivity index (χ3n) is 2.17. The lowest BCUT2D eigenvalue weighted by molar-refractivity contribution is 0.0687. The van der Waals surface area contributed by atoms with Crippen molar-refractivity contribution in [3.05, 3.63) is 39.3 Å². The number of hydrogen-bond donors (Lipinski definition) is 3. The van der Waals surface area contributed by atoms with Crippen LogP contribution in [0.15, 0.2) is 23.0 Å². The van der Waals surface area contributed by atoms with Gasteiger partial charge >= 0.3 is 5.97 Å². The van der Waals surface area contributed by atoms with Crippen molar-refractivity contribution in [2.75, 3.05) is 0 Å². The van der Waals surface area contributed by atoms with Crippen molar-refractivity contribution in [3.8, 4) is 5.75 Å². The summed E-state index contributed by atoms with van der Waals surface area (Å²) in [5, 5.41) is 19.0. The number of aromatic carboxylic acids is 1. The minimum absolute atomic E-state index is 0.119. The number of fused-ring (bicyclic) bond motifs is 1. The van der Waals surface area contributed by atoms with Crippen molar-refractivity contribution >= 4 is 28.3 Å². The molecular weight excluding hydrogens is 234 g/mol. The molecule has 1 aromatic carbocycles. The van der Waals surface area contributed by atoms with Crippen LogP contribution in [-0.2, 0) is 0 Å². The number of carboxylic acids is 1. The third-order valence-corrected chi connectivity index (χ3v) is 2.41. The second-order valence-corrected chi connectivity index (χ2v) is 3.61. The second-order valence-electron chi connectivity index (χ2n) is 3.17. The van der Waals surface area contributed by atoms with Crippen molar-refractivity contribution < 1.29 is 15.0 Å². The zero-order valence-electron chi connectivity index (χ0n) is 7.82. The molecular formula is C10H6ClNO4. The Bertz CT molecular complexity index is 647. The number of rotatable bonds is 1. The third kappa shape index (κ3) is 1.51. The Balaban J connectivity index is 2.97. The summed E-state index contributed by atoms with van der Waals surface area (Å²) in [7, 11) is 0. The van der Waals surface area contributed by atoms with Gasteiger partial charge in [-0.3, -0.25) is 4.79 Å². The molecule has 0 saturated carbocycles. The highest BCUT2D eigenvalue weighted by Crippen LogP contribution is 2.27. The zero-order chi connectivity index (χ0) is 11.9. The molecule has 0 aliphatic carbocycles. The van der Waals surface area contributed by atoms with E-state index in [-0.39, 0.29) is 10.8 Å². The molecule has 16 heavy (non-hydrogen) atoms. The first-order chi connectivity index (χ1) is 7.50. The second kappa shape index (κ2) is 3.53. The monoisotopic (exact) mass is 239 g/mol. The van der Waals surface area contributed by atoms with Crippen molar-refractivity contribution in [3.63, 3.8) is 0 Å². The summed E-state index contributed by atoms with van der Waals surface area (Å²) in [6, 6.07) is 4.24. The number of nitrogens with one attached hydrogen (secondary N) is 1. The highest BCUT2D eigenvalue weighted by Gasteiger charge is 2.15. The van der Waals surface area contributed by atoms with Crippen molar-refractivity contribution in [1.29, 1.82) is 0 Å². The van der Waals surface area contributed by atoms with Gasteiger partial charge in [-0.25, -0.2) is 4.79 Å². The summed E-state index contributed by atoms with van der Waals surface area (Å²) < 4.78 is 0. The number of H-pyrrole nitrogens is 1. The van der Waals surface area contributed by atoms with Crippen LogP contribution in [0.25, 0.3) is 10.8 Å². The molecule has 0 amide bonds. The van der Waals surface area contributed by atoms with E-state index in [1.54, 1.807) is 0 Å². The van der Waals surface area contributed by atoms with E-state index in [1.807, 2.05) is 0 Å². The van der Waals surface area contributed by atoms with Crippen LogP contribution < -0.4 is 5.56 Å². The predicted octanol–water partition coefficient (Wildman–Crippen LogP) is 1.59. The van der Waals surface area contributed by atoms with E-state index >= 15 is 0 Å². The smallest absolute Gasteiger partial charge is 0.356 e. The average Bonchev–Trinajstić information content (AvgIpc) is 2.22. The number of hydrogen-bond acceptors (Lipinski definition) is 3. The lowest BCUT2D eigenvalue weighted by Gasteiger charge is -2.04. The Morgan fingerprint density at radius 3 is 2.62 bits per heavy atom. The highest BCUT2D eigenvalue weighted by molar-refractivity contribution is 6.31. The molecule has 5 nitrogen and oxygen atoms in total. The fourth-order valence-electron chi connectivity index (χ4n) is 1.44. The summed E-state index contributed by atoms with van der Waals surface area (Å²) in [4.78, 5) is 24.3. The molecule has 0 spiro atoms. The molecule has 1 heterocycles. The van der Waals surface area contributed by atoms with Gasteiger partial charge in [0.2, 0.25) is 0 Å². The summed E-state index contributed by atoms with van der Waals surface area (Å²) in [5.74, 6) is -1.90. The minimum Gasteiger partial charge on any atom is -0.505 e. The van der Waals surface area contributed by atoms with Gasteiger partial charge in [0.25, 0.3) is 5.56 Å². The summed E-state index contributed by atoms with van der Waals surface area (Å²) >= 11 is 5.70. The number of carboxylic acid groups (broad SMARTS) is 1. The zero-order valence-corrected chi connectivity index (χ0v) is 8.58. The molecule has 0 unspecified atom stereocenters. The van der Waals surface area contributed by atoms with Crippen LogP contribution in [0.4, 0.5) is 0 Å². The number of aromatic hydroxyl groups is 1. The summed E-state index contributed by atoms with van der Waals surface area (Å²) in [5.41, 5.74) is -1.12. The van der Waals surface area contributed by atoms with Gasteiger partial charge in [-0.15, -0.1) is 0 Å². The molecule has 1 aromatic heterocycles.